The van der Waals surface area contributed by atoms with Crippen LogP contribution in [-0.2, 0) is 10.8 Å². The molecule has 1 spiro atoms. The number of rotatable bonds is 3. The molecule has 1 nitrogen and oxygen atoms in total. The van der Waals surface area contributed by atoms with Gasteiger partial charge in [0.2, 0.25) is 0 Å². The zero-order valence-corrected chi connectivity index (χ0v) is 30.8. The van der Waals surface area contributed by atoms with Crippen molar-refractivity contribution < 1.29 is 0 Å². The molecule has 0 heterocycles. The van der Waals surface area contributed by atoms with Gasteiger partial charge in [-0.1, -0.05) is 159 Å². The van der Waals surface area contributed by atoms with E-state index in [1.165, 1.54) is 94.0 Å². The summed E-state index contributed by atoms with van der Waals surface area (Å²) in [6, 6.07) is 70.6. The lowest BCUT2D eigenvalue weighted by atomic mass is 9.70. The van der Waals surface area contributed by atoms with Gasteiger partial charge in [0, 0.05) is 22.2 Å². The lowest BCUT2D eigenvalue weighted by Crippen LogP contribution is -2.26. The Labute approximate surface area is 321 Å². The molecule has 0 amide bonds. The molecule has 0 atom stereocenters. The Morgan fingerprint density at radius 3 is 1.53 bits per heavy atom. The fourth-order valence-electron chi connectivity index (χ4n) is 10.7. The van der Waals surface area contributed by atoms with Gasteiger partial charge in [-0.3, -0.25) is 0 Å². The van der Waals surface area contributed by atoms with Gasteiger partial charge in [-0.25, -0.2) is 0 Å². The van der Waals surface area contributed by atoms with E-state index < -0.39 is 5.41 Å². The van der Waals surface area contributed by atoms with E-state index in [2.05, 4.69) is 207 Å². The number of fused-ring (bicyclic) bond motifs is 16. The van der Waals surface area contributed by atoms with E-state index >= 15 is 0 Å². The summed E-state index contributed by atoms with van der Waals surface area (Å²) in [5.74, 6) is 0. The van der Waals surface area contributed by atoms with Gasteiger partial charge in [-0.15, -0.1) is 0 Å². The molecule has 0 saturated heterocycles. The number of anilines is 3. The van der Waals surface area contributed by atoms with Crippen LogP contribution in [-0.4, -0.2) is 0 Å². The molecular formula is C54H37N. The number of para-hydroxylation sites is 1. The van der Waals surface area contributed by atoms with Crippen molar-refractivity contribution >= 4 is 38.6 Å². The van der Waals surface area contributed by atoms with Crippen LogP contribution in [0.5, 0.6) is 0 Å². The second kappa shape index (κ2) is 10.9. The Balaban J connectivity index is 1.15. The molecule has 9 aromatic rings. The van der Waals surface area contributed by atoms with Crippen LogP contribution >= 0.6 is 0 Å². The SMILES string of the molecule is CC1(C)c2cc3ccccc3cc2-c2c1cc(N(c1ccccc1)c1ccc3c(c1)C1(c4ccccc4-c4ccccc41)c1ccccc1-3)c1ccccc21. The zero-order chi connectivity index (χ0) is 36.5. The smallest absolute Gasteiger partial charge is 0.0726 e. The average molecular weight is 700 g/mol. The van der Waals surface area contributed by atoms with Gasteiger partial charge in [-0.05, 0) is 125 Å². The number of hydrogen-bond acceptors (Lipinski definition) is 1. The predicted octanol–water partition coefficient (Wildman–Crippen LogP) is 14.1. The van der Waals surface area contributed by atoms with Gasteiger partial charge >= 0.3 is 0 Å². The van der Waals surface area contributed by atoms with Crippen LogP contribution in [0.2, 0.25) is 0 Å². The van der Waals surface area contributed by atoms with Gasteiger partial charge in [0.1, 0.15) is 0 Å². The van der Waals surface area contributed by atoms with Crippen molar-refractivity contribution in [3.63, 3.8) is 0 Å². The first-order valence-electron chi connectivity index (χ1n) is 19.4. The molecule has 12 rings (SSSR count). The highest BCUT2D eigenvalue weighted by Gasteiger charge is 2.51. The average Bonchev–Trinajstić information content (AvgIpc) is 3.79. The summed E-state index contributed by atoms with van der Waals surface area (Å²) in [5.41, 5.74) is 19.1. The first-order valence-corrected chi connectivity index (χ1v) is 19.4. The Kier molecular flexibility index (Phi) is 6.11. The van der Waals surface area contributed by atoms with Crippen molar-refractivity contribution in [3.05, 3.63) is 221 Å². The Morgan fingerprint density at radius 1 is 0.345 bits per heavy atom. The molecular weight excluding hydrogens is 663 g/mol. The van der Waals surface area contributed by atoms with Crippen LogP contribution in [0.15, 0.2) is 188 Å². The van der Waals surface area contributed by atoms with Gasteiger partial charge in [0.15, 0.2) is 0 Å². The van der Waals surface area contributed by atoms with E-state index in [0.29, 0.717) is 0 Å². The van der Waals surface area contributed by atoms with Gasteiger partial charge in [0.05, 0.1) is 11.1 Å². The normalized spacial score (nSPS) is 14.7. The Morgan fingerprint density at radius 2 is 0.873 bits per heavy atom. The molecule has 0 aliphatic heterocycles. The summed E-state index contributed by atoms with van der Waals surface area (Å²) in [6.45, 7) is 4.81. The molecule has 0 bridgehead atoms. The first kappa shape index (κ1) is 30.7. The van der Waals surface area contributed by atoms with Gasteiger partial charge in [0.25, 0.3) is 0 Å². The number of nitrogens with zero attached hydrogens (tertiary/aromatic N) is 1. The van der Waals surface area contributed by atoms with Crippen molar-refractivity contribution in [1.29, 1.82) is 0 Å². The minimum Gasteiger partial charge on any atom is -0.310 e. The highest BCUT2D eigenvalue weighted by molar-refractivity contribution is 6.11. The molecule has 258 valence electrons. The van der Waals surface area contributed by atoms with E-state index in [1.807, 2.05) is 0 Å². The van der Waals surface area contributed by atoms with Crippen molar-refractivity contribution in [2.45, 2.75) is 24.7 Å². The molecule has 3 aliphatic rings. The Bertz CT molecular complexity index is 3010. The maximum absolute atomic E-state index is 2.52. The van der Waals surface area contributed by atoms with E-state index in [1.54, 1.807) is 0 Å². The highest BCUT2D eigenvalue weighted by atomic mass is 15.1. The summed E-state index contributed by atoms with van der Waals surface area (Å²) < 4.78 is 0. The van der Waals surface area contributed by atoms with Crippen LogP contribution in [0.4, 0.5) is 17.1 Å². The summed E-state index contributed by atoms with van der Waals surface area (Å²) >= 11 is 0. The third kappa shape index (κ3) is 3.92. The second-order valence-electron chi connectivity index (χ2n) is 16.0. The zero-order valence-electron chi connectivity index (χ0n) is 30.8. The monoisotopic (exact) mass is 699 g/mol. The largest absolute Gasteiger partial charge is 0.310 e. The molecule has 55 heavy (non-hydrogen) atoms. The van der Waals surface area contributed by atoms with Gasteiger partial charge in [-0.2, -0.15) is 0 Å². The van der Waals surface area contributed by atoms with Crippen LogP contribution in [0.3, 0.4) is 0 Å². The molecule has 9 aromatic carbocycles. The van der Waals surface area contributed by atoms with Crippen LogP contribution in [0.25, 0.3) is 54.9 Å². The second-order valence-corrected chi connectivity index (χ2v) is 16.0. The van der Waals surface area contributed by atoms with E-state index in [-0.39, 0.29) is 5.41 Å². The van der Waals surface area contributed by atoms with Crippen LogP contribution < -0.4 is 4.90 Å². The standard InChI is InChI=1S/C54H37N/c1-53(2)48-31-35-17-7-6-16-34(35)30-44(48)52-43-24-9-8-23-42(43)51(33-50(52)53)55(36-18-4-3-5-19-36)37-28-29-41-40-22-12-15-27-47(40)54(49(41)32-37)45-25-13-10-20-38(45)39-21-11-14-26-46(39)54/h3-33H,1-2H3. The lowest BCUT2D eigenvalue weighted by molar-refractivity contribution is 0.661. The maximum Gasteiger partial charge on any atom is 0.0726 e. The third-order valence-corrected chi connectivity index (χ3v) is 13.0. The summed E-state index contributed by atoms with van der Waals surface area (Å²) in [6.07, 6.45) is 0. The van der Waals surface area contributed by atoms with Crippen LogP contribution in [0.1, 0.15) is 47.2 Å². The molecule has 1 heteroatoms. The minimum atomic E-state index is -0.414. The van der Waals surface area contributed by atoms with Crippen molar-refractivity contribution in [2.24, 2.45) is 0 Å². The van der Waals surface area contributed by atoms with E-state index in [4.69, 9.17) is 0 Å². The van der Waals surface area contributed by atoms with Gasteiger partial charge < -0.3 is 4.90 Å². The van der Waals surface area contributed by atoms with Crippen LogP contribution in [0, 0.1) is 0 Å². The molecule has 0 fully saturated rings. The highest BCUT2D eigenvalue weighted by Crippen LogP contribution is 2.63. The minimum absolute atomic E-state index is 0.184. The van der Waals surface area contributed by atoms with E-state index in [9.17, 15) is 0 Å². The maximum atomic E-state index is 2.52. The third-order valence-electron chi connectivity index (χ3n) is 13.0. The summed E-state index contributed by atoms with van der Waals surface area (Å²) in [5, 5.41) is 5.12. The molecule has 0 saturated carbocycles. The predicted molar refractivity (Wildman–Crippen MR) is 230 cm³/mol. The number of benzene rings is 9. The molecule has 0 radical (unpaired) electrons. The molecule has 3 aliphatic carbocycles. The molecule has 0 unspecified atom stereocenters. The number of hydrogen-bond donors (Lipinski definition) is 0. The van der Waals surface area contributed by atoms with Crippen molar-refractivity contribution in [1.82, 2.24) is 0 Å². The fraction of sp³-hybridized carbons (Fsp3) is 0.0741. The van der Waals surface area contributed by atoms with Crippen molar-refractivity contribution in [3.8, 4) is 33.4 Å². The molecule has 0 aromatic heterocycles. The van der Waals surface area contributed by atoms with E-state index in [0.717, 1.165) is 11.4 Å². The fourth-order valence-corrected chi connectivity index (χ4v) is 10.7. The summed E-state index contributed by atoms with van der Waals surface area (Å²) in [4.78, 5) is 2.52. The van der Waals surface area contributed by atoms with Crippen molar-refractivity contribution in [2.75, 3.05) is 4.90 Å². The molecule has 0 N–H and O–H groups in total. The Hall–Kier alpha value is -6.70. The first-order chi connectivity index (χ1) is 27.0. The lowest BCUT2D eigenvalue weighted by Gasteiger charge is -2.33. The quantitative estimate of drug-likeness (QED) is 0.177. The topological polar surface area (TPSA) is 3.24 Å². The summed E-state index contributed by atoms with van der Waals surface area (Å²) in [7, 11) is 0.